The van der Waals surface area contributed by atoms with Gasteiger partial charge in [0.25, 0.3) is 0 Å². The Morgan fingerprint density at radius 1 is 1.22 bits per heavy atom. The first-order valence-electron chi connectivity index (χ1n) is 8.80. The van der Waals surface area contributed by atoms with Crippen molar-refractivity contribution in [1.29, 1.82) is 0 Å². The molecule has 4 rings (SSSR count). The fraction of sp³-hybridized carbons (Fsp3) is 0.300. The summed E-state index contributed by atoms with van der Waals surface area (Å²) >= 11 is 1.41. The van der Waals surface area contributed by atoms with Crippen molar-refractivity contribution in [3.8, 4) is 5.75 Å². The maximum absolute atomic E-state index is 12.9. The molecule has 0 unspecified atom stereocenters. The summed E-state index contributed by atoms with van der Waals surface area (Å²) in [7, 11) is 1.65. The summed E-state index contributed by atoms with van der Waals surface area (Å²) in [6, 6.07) is 11.5. The molecule has 0 spiro atoms. The monoisotopic (exact) mass is 380 g/mol. The number of ketones is 1. The molecule has 6 nitrogen and oxygen atoms in total. The van der Waals surface area contributed by atoms with Crippen LogP contribution >= 0.6 is 11.8 Å². The highest BCUT2D eigenvalue weighted by Gasteiger charge is 2.29. The van der Waals surface area contributed by atoms with Crippen LogP contribution in [0.25, 0.3) is 0 Å². The van der Waals surface area contributed by atoms with E-state index in [0.717, 1.165) is 29.8 Å². The van der Waals surface area contributed by atoms with E-state index in [1.807, 2.05) is 41.3 Å². The summed E-state index contributed by atoms with van der Waals surface area (Å²) in [6.07, 6.45) is 5.79. The summed E-state index contributed by atoms with van der Waals surface area (Å²) in [5.74, 6) is 1.15. The number of ether oxygens (including phenoxy) is 1. The lowest BCUT2D eigenvalue weighted by Gasteiger charge is -2.07. The van der Waals surface area contributed by atoms with Gasteiger partial charge in [-0.15, -0.1) is 0 Å². The Hall–Kier alpha value is -2.67. The van der Waals surface area contributed by atoms with Crippen molar-refractivity contribution in [2.24, 2.45) is 0 Å². The van der Waals surface area contributed by atoms with E-state index in [-0.39, 0.29) is 5.78 Å². The number of carbonyl (C=O) groups excluding carboxylic acids is 1. The van der Waals surface area contributed by atoms with Gasteiger partial charge in [0.2, 0.25) is 5.78 Å². The molecular formula is C20H20N4O2S. The standard InChI is InChI=1S/C20H20N4O2S/c1-26-15-7-3-13(4-8-15)12-24-18(14-5-6-14)11-17(23-24)19(25)16-9-10-21-20(22-16)27-2/h3-4,7-11,14H,5-6,12H2,1-2H3. The van der Waals surface area contributed by atoms with Gasteiger partial charge >= 0.3 is 0 Å². The second kappa shape index (κ2) is 7.52. The molecule has 2 aromatic heterocycles. The highest BCUT2D eigenvalue weighted by molar-refractivity contribution is 7.98. The van der Waals surface area contributed by atoms with Crippen LogP contribution in [0.15, 0.2) is 47.8 Å². The zero-order chi connectivity index (χ0) is 18.8. The van der Waals surface area contributed by atoms with Crippen LogP contribution in [0, 0.1) is 0 Å². The predicted octanol–water partition coefficient (Wildman–Crippen LogP) is 3.56. The lowest BCUT2D eigenvalue weighted by molar-refractivity contribution is 0.102. The van der Waals surface area contributed by atoms with Crippen molar-refractivity contribution in [2.45, 2.75) is 30.5 Å². The van der Waals surface area contributed by atoms with Gasteiger partial charge in [-0.1, -0.05) is 23.9 Å². The zero-order valence-corrected chi connectivity index (χ0v) is 16.1. The van der Waals surface area contributed by atoms with Crippen molar-refractivity contribution < 1.29 is 9.53 Å². The molecule has 1 aromatic carbocycles. The Balaban J connectivity index is 1.62. The minimum atomic E-state index is -0.164. The van der Waals surface area contributed by atoms with E-state index in [1.54, 1.807) is 19.4 Å². The summed E-state index contributed by atoms with van der Waals surface area (Å²) < 4.78 is 7.16. The molecule has 7 heteroatoms. The molecule has 2 heterocycles. The van der Waals surface area contributed by atoms with Gasteiger partial charge < -0.3 is 4.74 Å². The predicted molar refractivity (Wildman–Crippen MR) is 104 cm³/mol. The van der Waals surface area contributed by atoms with Crippen LogP contribution in [-0.2, 0) is 6.54 Å². The number of nitrogens with zero attached hydrogens (tertiary/aromatic N) is 4. The molecule has 1 aliphatic rings. The number of benzene rings is 1. The van der Waals surface area contributed by atoms with Gasteiger partial charge in [0.15, 0.2) is 5.16 Å². The molecule has 27 heavy (non-hydrogen) atoms. The average molecular weight is 380 g/mol. The molecule has 1 aliphatic carbocycles. The molecule has 0 radical (unpaired) electrons. The van der Waals surface area contributed by atoms with Crippen molar-refractivity contribution in [3.63, 3.8) is 0 Å². The Kier molecular flexibility index (Phi) is 4.94. The van der Waals surface area contributed by atoms with Gasteiger partial charge in [0.1, 0.15) is 17.1 Å². The SMILES string of the molecule is COc1ccc(Cn2nc(C(=O)c3ccnc(SC)n3)cc2C2CC2)cc1. The molecular weight excluding hydrogens is 360 g/mol. The van der Waals surface area contributed by atoms with Crippen LogP contribution < -0.4 is 4.74 Å². The average Bonchev–Trinajstić information content (AvgIpc) is 3.48. The second-order valence-corrected chi connectivity index (χ2v) is 7.27. The first-order chi connectivity index (χ1) is 13.2. The lowest BCUT2D eigenvalue weighted by Crippen LogP contribution is -2.09. The summed E-state index contributed by atoms with van der Waals surface area (Å²) in [4.78, 5) is 21.3. The third-order valence-corrected chi connectivity index (χ3v) is 5.14. The number of hydrogen-bond acceptors (Lipinski definition) is 6. The van der Waals surface area contributed by atoms with Gasteiger partial charge in [0, 0.05) is 17.8 Å². The van der Waals surface area contributed by atoms with Crippen molar-refractivity contribution >= 4 is 17.5 Å². The third kappa shape index (κ3) is 3.88. The van der Waals surface area contributed by atoms with Crippen molar-refractivity contribution in [2.75, 3.05) is 13.4 Å². The molecule has 3 aromatic rings. The number of aromatic nitrogens is 4. The summed E-state index contributed by atoms with van der Waals surface area (Å²) in [6.45, 7) is 0.628. The fourth-order valence-corrected chi connectivity index (χ4v) is 3.33. The van der Waals surface area contributed by atoms with Crippen LogP contribution in [0.5, 0.6) is 5.75 Å². The van der Waals surface area contributed by atoms with Gasteiger partial charge in [-0.2, -0.15) is 5.10 Å². The number of methoxy groups -OCH3 is 1. The number of carbonyl (C=O) groups is 1. The van der Waals surface area contributed by atoms with Gasteiger partial charge in [-0.3, -0.25) is 9.48 Å². The number of rotatable bonds is 7. The molecule has 1 fully saturated rings. The van der Waals surface area contributed by atoms with Gasteiger partial charge in [-0.25, -0.2) is 9.97 Å². The molecule has 1 saturated carbocycles. The normalized spacial score (nSPS) is 13.6. The minimum absolute atomic E-state index is 0.164. The lowest BCUT2D eigenvalue weighted by atomic mass is 10.1. The van der Waals surface area contributed by atoms with Crippen LogP contribution in [0.3, 0.4) is 0 Å². The number of thioether (sulfide) groups is 1. The summed E-state index contributed by atoms with van der Waals surface area (Å²) in [5.41, 5.74) is 3.06. The largest absolute Gasteiger partial charge is 0.497 e. The van der Waals surface area contributed by atoms with Crippen LogP contribution in [0.1, 0.15) is 46.2 Å². The van der Waals surface area contributed by atoms with Crippen LogP contribution in [-0.4, -0.2) is 38.9 Å². The maximum Gasteiger partial charge on any atom is 0.231 e. The quantitative estimate of drug-likeness (QED) is 0.355. The fourth-order valence-electron chi connectivity index (χ4n) is 2.98. The maximum atomic E-state index is 12.9. The minimum Gasteiger partial charge on any atom is -0.497 e. The van der Waals surface area contributed by atoms with E-state index >= 15 is 0 Å². The van der Waals surface area contributed by atoms with Crippen molar-refractivity contribution in [1.82, 2.24) is 19.7 Å². The highest BCUT2D eigenvalue weighted by atomic mass is 32.2. The molecule has 0 saturated heterocycles. The van der Waals surface area contributed by atoms with Crippen LogP contribution in [0.2, 0.25) is 0 Å². The molecule has 138 valence electrons. The highest BCUT2D eigenvalue weighted by Crippen LogP contribution is 2.40. The zero-order valence-electron chi connectivity index (χ0n) is 15.3. The molecule has 0 bridgehead atoms. The first-order valence-corrected chi connectivity index (χ1v) is 10.0. The van der Waals surface area contributed by atoms with E-state index in [9.17, 15) is 4.79 Å². The Morgan fingerprint density at radius 3 is 2.67 bits per heavy atom. The molecule has 0 amide bonds. The van der Waals surface area contributed by atoms with E-state index in [4.69, 9.17) is 4.74 Å². The van der Waals surface area contributed by atoms with Gasteiger partial charge in [-0.05, 0) is 48.9 Å². The smallest absolute Gasteiger partial charge is 0.231 e. The Labute approximate surface area is 162 Å². The first kappa shape index (κ1) is 17.7. The Bertz CT molecular complexity index is 964. The van der Waals surface area contributed by atoms with Crippen molar-refractivity contribution in [3.05, 3.63) is 65.2 Å². The number of hydrogen-bond donors (Lipinski definition) is 0. The van der Waals surface area contributed by atoms with Gasteiger partial charge in [0.05, 0.1) is 13.7 Å². The topological polar surface area (TPSA) is 69.9 Å². The van der Waals surface area contributed by atoms with E-state index in [1.165, 1.54) is 11.8 Å². The molecule has 0 aliphatic heterocycles. The summed E-state index contributed by atoms with van der Waals surface area (Å²) in [5, 5.41) is 5.19. The van der Waals surface area contributed by atoms with E-state index in [2.05, 4.69) is 15.1 Å². The Morgan fingerprint density at radius 2 is 2.00 bits per heavy atom. The molecule has 0 atom stereocenters. The van der Waals surface area contributed by atoms with E-state index < -0.39 is 0 Å². The van der Waals surface area contributed by atoms with E-state index in [0.29, 0.717) is 29.0 Å². The molecule has 0 N–H and O–H groups in total. The van der Waals surface area contributed by atoms with Crippen LogP contribution in [0.4, 0.5) is 0 Å². The second-order valence-electron chi connectivity index (χ2n) is 6.49. The third-order valence-electron chi connectivity index (χ3n) is 4.58.